The van der Waals surface area contributed by atoms with Crippen LogP contribution in [0.25, 0.3) is 43.9 Å². The number of fused-ring (bicyclic) bond motifs is 6. The Morgan fingerprint density at radius 2 is 0.898 bits per heavy atom. The lowest BCUT2D eigenvalue weighted by Crippen LogP contribution is -1.95. The number of benzene rings is 4. The molecule has 8 rings (SSSR count). The van der Waals surface area contributed by atoms with Crippen molar-refractivity contribution < 1.29 is 5.48 Å². The molecule has 8 aromatic rings. The zero-order valence-electron chi connectivity index (χ0n) is 25.7. The van der Waals surface area contributed by atoms with Gasteiger partial charge in [-0.3, -0.25) is 9.97 Å². The van der Waals surface area contributed by atoms with E-state index in [1.54, 1.807) is 36.9 Å². The molecule has 0 aliphatic heterocycles. The molecule has 4 heterocycles. The van der Waals surface area contributed by atoms with Gasteiger partial charge in [0.15, 0.2) is 0 Å². The van der Waals surface area contributed by atoms with Crippen LogP contribution in [0.2, 0.25) is 20.1 Å². The zero-order valence-corrected chi connectivity index (χ0v) is 30.4. The number of hydrogen-bond donors (Lipinski definition) is 4. The van der Waals surface area contributed by atoms with E-state index in [1.165, 1.54) is 0 Å². The number of hydrogen-bond acceptors (Lipinski definition) is 6. The molecule has 252 valence electrons. The largest absolute Gasteiger partial charge is 0.412 e. The van der Waals surface area contributed by atoms with Crippen molar-refractivity contribution >= 4 is 138 Å². The van der Waals surface area contributed by atoms with Crippen LogP contribution in [0.4, 0.5) is 22.7 Å². The summed E-state index contributed by atoms with van der Waals surface area (Å²) < 4.78 is 0. The molecule has 49 heavy (non-hydrogen) atoms. The molecule has 0 unspecified atom stereocenters. The van der Waals surface area contributed by atoms with Gasteiger partial charge in [-0.05, 0) is 86.6 Å². The summed E-state index contributed by atoms with van der Waals surface area (Å²) in [5.74, 6) is 0. The predicted molar refractivity (Wildman–Crippen MR) is 210 cm³/mol. The number of aryl methyl sites for hydroxylation is 2. The molecule has 15 heteroatoms. The maximum atomic E-state index is 6.11. The number of rotatable bonds is 4. The predicted octanol–water partition coefficient (Wildman–Crippen LogP) is 11.0. The number of nitrogens with zero attached hydrogens (tertiary/aromatic N) is 4. The molecule has 0 amide bonds. The van der Waals surface area contributed by atoms with Crippen LogP contribution >= 0.6 is 71.2 Å². The van der Waals surface area contributed by atoms with Gasteiger partial charge < -0.3 is 26.1 Å². The van der Waals surface area contributed by atoms with Gasteiger partial charge in [-0.1, -0.05) is 46.4 Å². The SMILES string of the molecule is Cc1cc(Nc2ccc(Cl)c(Cl)c2)c2c(ccc3nc[nH]c32)n1.Cc1cc(Nc2ccc(Cl)c(Cl)c2)c2c(ccc3nc[nH]c32)n1.Cl.Cl.O. The van der Waals surface area contributed by atoms with Crippen molar-refractivity contribution in [2.24, 2.45) is 0 Å². The monoisotopic (exact) mass is 774 g/mol. The fourth-order valence-electron chi connectivity index (χ4n) is 5.40. The van der Waals surface area contributed by atoms with Crippen LogP contribution in [0.1, 0.15) is 11.4 Å². The summed E-state index contributed by atoms with van der Waals surface area (Å²) in [7, 11) is 0. The molecule has 0 fully saturated rings. The van der Waals surface area contributed by atoms with E-state index >= 15 is 0 Å². The summed E-state index contributed by atoms with van der Waals surface area (Å²) >= 11 is 24.2. The van der Waals surface area contributed by atoms with E-state index in [0.717, 1.165) is 78.0 Å². The van der Waals surface area contributed by atoms with Gasteiger partial charge in [-0.25, -0.2) is 9.97 Å². The Bertz CT molecular complexity index is 2260. The first kappa shape index (κ1) is 37.8. The average Bonchev–Trinajstić information content (AvgIpc) is 3.71. The Kier molecular flexibility index (Phi) is 12.1. The molecule has 0 spiro atoms. The lowest BCUT2D eigenvalue weighted by atomic mass is 10.1. The third kappa shape index (κ3) is 7.74. The third-order valence-electron chi connectivity index (χ3n) is 7.38. The molecule has 0 radical (unpaired) electrons. The van der Waals surface area contributed by atoms with E-state index in [9.17, 15) is 0 Å². The molecular weight excluding hydrogens is 749 g/mol. The molecule has 4 aromatic heterocycles. The number of pyridine rings is 2. The lowest BCUT2D eigenvalue weighted by Gasteiger charge is -2.12. The van der Waals surface area contributed by atoms with Crippen LogP contribution in [0.15, 0.2) is 85.5 Å². The van der Waals surface area contributed by atoms with Gasteiger partial charge >= 0.3 is 0 Å². The second-order valence-corrected chi connectivity index (χ2v) is 12.3. The fraction of sp³-hybridized carbons (Fsp3) is 0.0588. The number of aromatic nitrogens is 6. The Morgan fingerprint density at radius 3 is 1.29 bits per heavy atom. The molecule has 0 saturated heterocycles. The van der Waals surface area contributed by atoms with E-state index in [-0.39, 0.29) is 30.3 Å². The molecular formula is C34H28Cl6N8O. The Labute approximate surface area is 312 Å². The van der Waals surface area contributed by atoms with Crippen LogP contribution in [-0.2, 0) is 0 Å². The maximum absolute atomic E-state index is 6.11. The van der Waals surface area contributed by atoms with Gasteiger partial charge in [-0.15, -0.1) is 24.8 Å². The highest BCUT2D eigenvalue weighted by Gasteiger charge is 2.12. The van der Waals surface area contributed by atoms with Crippen molar-refractivity contribution in [3.63, 3.8) is 0 Å². The van der Waals surface area contributed by atoms with E-state index in [4.69, 9.17) is 46.4 Å². The van der Waals surface area contributed by atoms with Crippen molar-refractivity contribution in [2.45, 2.75) is 13.8 Å². The molecule has 0 atom stereocenters. The van der Waals surface area contributed by atoms with Gasteiger partial charge in [0.05, 0.1) is 77.2 Å². The molecule has 9 nitrogen and oxygen atoms in total. The number of H-pyrrole nitrogens is 2. The third-order valence-corrected chi connectivity index (χ3v) is 8.86. The molecule has 0 aliphatic carbocycles. The molecule has 0 bridgehead atoms. The zero-order chi connectivity index (χ0) is 31.9. The van der Waals surface area contributed by atoms with E-state index in [1.807, 2.05) is 62.4 Å². The highest BCUT2D eigenvalue weighted by Crippen LogP contribution is 2.35. The number of imidazole rings is 2. The standard InChI is InChI=1S/2C17H12Cl2N4.2ClH.H2O/c2*1-9-6-15(23-10-2-3-11(18)12(19)7-10)16-13(22-9)4-5-14-17(16)21-8-20-14;;;/h2*2-8H,1H3,(H,20,21)(H,22,23);2*1H;1H2. The molecule has 0 saturated carbocycles. The van der Waals surface area contributed by atoms with Gasteiger partial charge in [0, 0.05) is 33.5 Å². The summed E-state index contributed by atoms with van der Waals surface area (Å²) in [6, 6.07) is 22.8. The minimum atomic E-state index is 0. The summed E-state index contributed by atoms with van der Waals surface area (Å²) in [5.41, 5.74) is 11.0. The number of nitrogens with one attached hydrogen (secondary N) is 4. The van der Waals surface area contributed by atoms with Crippen molar-refractivity contribution in [2.75, 3.05) is 10.6 Å². The van der Waals surface area contributed by atoms with E-state index in [2.05, 4.69) is 40.5 Å². The second-order valence-electron chi connectivity index (χ2n) is 10.6. The van der Waals surface area contributed by atoms with Crippen LogP contribution in [0.3, 0.4) is 0 Å². The Morgan fingerprint density at radius 1 is 0.510 bits per heavy atom. The lowest BCUT2D eigenvalue weighted by molar-refractivity contribution is 0.824. The van der Waals surface area contributed by atoms with Crippen LogP contribution in [0, 0.1) is 13.8 Å². The molecule has 4 aromatic carbocycles. The van der Waals surface area contributed by atoms with Crippen LogP contribution in [-0.4, -0.2) is 35.4 Å². The van der Waals surface area contributed by atoms with Gasteiger partial charge in [0.2, 0.25) is 0 Å². The van der Waals surface area contributed by atoms with E-state index < -0.39 is 0 Å². The van der Waals surface area contributed by atoms with Crippen molar-refractivity contribution in [1.82, 2.24) is 29.9 Å². The molecule has 0 aliphatic rings. The Balaban J connectivity index is 0.000000208. The first-order chi connectivity index (χ1) is 22.2. The van der Waals surface area contributed by atoms with Crippen molar-refractivity contribution in [1.29, 1.82) is 0 Å². The fourth-order valence-corrected chi connectivity index (χ4v) is 5.99. The van der Waals surface area contributed by atoms with Crippen molar-refractivity contribution in [3.8, 4) is 0 Å². The number of anilines is 4. The van der Waals surface area contributed by atoms with Gasteiger partial charge in [-0.2, -0.15) is 0 Å². The minimum absolute atomic E-state index is 0. The highest BCUT2D eigenvalue weighted by molar-refractivity contribution is 6.42. The number of halogens is 6. The molecule has 6 N–H and O–H groups in total. The quantitative estimate of drug-likeness (QED) is 0.140. The number of aromatic amines is 2. The first-order valence-corrected chi connectivity index (χ1v) is 15.7. The topological polar surface area (TPSA) is 139 Å². The first-order valence-electron chi connectivity index (χ1n) is 14.1. The summed E-state index contributed by atoms with van der Waals surface area (Å²) in [6.07, 6.45) is 3.37. The van der Waals surface area contributed by atoms with Gasteiger partial charge in [0.25, 0.3) is 0 Å². The summed E-state index contributed by atoms with van der Waals surface area (Å²) in [5, 5.41) is 10.9. The van der Waals surface area contributed by atoms with Crippen molar-refractivity contribution in [3.05, 3.63) is 117 Å². The highest BCUT2D eigenvalue weighted by atomic mass is 35.5. The maximum Gasteiger partial charge on any atom is 0.0932 e. The minimum Gasteiger partial charge on any atom is -0.412 e. The average molecular weight is 777 g/mol. The van der Waals surface area contributed by atoms with Crippen LogP contribution in [0.5, 0.6) is 0 Å². The van der Waals surface area contributed by atoms with Crippen LogP contribution < -0.4 is 10.6 Å². The smallest absolute Gasteiger partial charge is 0.0932 e. The summed E-state index contributed by atoms with van der Waals surface area (Å²) in [6.45, 7) is 3.94. The second kappa shape index (κ2) is 15.7. The van der Waals surface area contributed by atoms with E-state index in [0.29, 0.717) is 20.1 Å². The normalized spacial score (nSPS) is 10.6. The van der Waals surface area contributed by atoms with Gasteiger partial charge in [0.1, 0.15) is 0 Å². The summed E-state index contributed by atoms with van der Waals surface area (Å²) in [4.78, 5) is 24.2. The Hall–Kier alpha value is -4.06.